The number of nitrogens with two attached hydrogens (primary N) is 1. The molecule has 72 valence electrons. The van der Waals surface area contributed by atoms with Gasteiger partial charge in [-0.05, 0) is 35.6 Å². The number of aryl methyl sites for hydroxylation is 1. The maximum atomic E-state index is 5.85. The summed E-state index contributed by atoms with van der Waals surface area (Å²) in [6, 6.07) is 4.05. The average molecular weight is 195 g/mol. The van der Waals surface area contributed by atoms with Crippen LogP contribution in [-0.2, 0) is 5.41 Å². The predicted octanol–water partition coefficient (Wildman–Crippen LogP) is 3.16. The molecule has 1 nitrogen and oxygen atoms in total. The van der Waals surface area contributed by atoms with Crippen molar-refractivity contribution in [2.75, 3.05) is 5.73 Å². The molecular formula is C11H17NS. The summed E-state index contributed by atoms with van der Waals surface area (Å²) in [4.78, 5) is 1.03. The molecule has 0 spiro atoms. The number of thiol groups is 1. The second-order valence-electron chi connectivity index (χ2n) is 4.48. The van der Waals surface area contributed by atoms with E-state index in [1.54, 1.807) is 0 Å². The minimum absolute atomic E-state index is 0.110. The average Bonchev–Trinajstić information content (AvgIpc) is 1.94. The molecule has 0 aliphatic carbocycles. The second kappa shape index (κ2) is 3.26. The zero-order valence-corrected chi connectivity index (χ0v) is 9.57. The first-order chi connectivity index (χ1) is 5.82. The third kappa shape index (κ3) is 2.19. The maximum Gasteiger partial charge on any atom is 0.0347 e. The Bertz CT molecular complexity index is 324. The molecule has 0 atom stereocenters. The van der Waals surface area contributed by atoms with Crippen LogP contribution < -0.4 is 5.73 Å². The van der Waals surface area contributed by atoms with Crippen molar-refractivity contribution in [2.45, 2.75) is 38.0 Å². The van der Waals surface area contributed by atoms with Crippen molar-refractivity contribution in [3.05, 3.63) is 23.3 Å². The first kappa shape index (κ1) is 10.5. The molecule has 1 aromatic carbocycles. The number of hydrogen-bond acceptors (Lipinski definition) is 2. The Morgan fingerprint density at radius 2 is 1.77 bits per heavy atom. The second-order valence-corrected chi connectivity index (χ2v) is 4.96. The van der Waals surface area contributed by atoms with Crippen LogP contribution >= 0.6 is 12.6 Å². The predicted molar refractivity (Wildman–Crippen MR) is 61.5 cm³/mol. The topological polar surface area (TPSA) is 26.0 Å². The molecule has 0 fully saturated rings. The Hall–Kier alpha value is -0.630. The summed E-state index contributed by atoms with van der Waals surface area (Å²) in [6.07, 6.45) is 0. The van der Waals surface area contributed by atoms with Crippen LogP contribution in [0.25, 0.3) is 0 Å². The van der Waals surface area contributed by atoms with Gasteiger partial charge in [-0.25, -0.2) is 0 Å². The summed E-state index contributed by atoms with van der Waals surface area (Å²) in [5, 5.41) is 0. The Morgan fingerprint density at radius 3 is 2.23 bits per heavy atom. The molecule has 1 aromatic rings. The molecule has 0 aliphatic heterocycles. The van der Waals surface area contributed by atoms with E-state index in [2.05, 4.69) is 33.4 Å². The first-order valence-electron chi connectivity index (χ1n) is 4.42. The summed E-state index contributed by atoms with van der Waals surface area (Å²) in [7, 11) is 0. The molecule has 2 N–H and O–H groups in total. The Balaban J connectivity index is 3.32. The van der Waals surface area contributed by atoms with Gasteiger partial charge in [0.25, 0.3) is 0 Å². The molecule has 0 aliphatic rings. The lowest BCUT2D eigenvalue weighted by Gasteiger charge is -2.22. The fourth-order valence-corrected chi connectivity index (χ4v) is 1.90. The van der Waals surface area contributed by atoms with Gasteiger partial charge in [-0.15, -0.1) is 12.6 Å². The summed E-state index contributed by atoms with van der Waals surface area (Å²) in [5.74, 6) is 0. The Labute approximate surface area is 85.8 Å². The lowest BCUT2D eigenvalue weighted by molar-refractivity contribution is 0.578. The first-order valence-corrected chi connectivity index (χ1v) is 4.86. The largest absolute Gasteiger partial charge is 0.399 e. The van der Waals surface area contributed by atoms with E-state index in [4.69, 9.17) is 5.73 Å². The zero-order chi connectivity index (χ0) is 10.2. The fourth-order valence-electron chi connectivity index (χ4n) is 1.31. The van der Waals surface area contributed by atoms with Gasteiger partial charge in [-0.3, -0.25) is 0 Å². The van der Waals surface area contributed by atoms with E-state index in [0.717, 1.165) is 16.1 Å². The molecule has 0 bridgehead atoms. The third-order valence-electron chi connectivity index (χ3n) is 2.19. The van der Waals surface area contributed by atoms with Crippen LogP contribution in [-0.4, -0.2) is 0 Å². The summed E-state index contributed by atoms with van der Waals surface area (Å²) in [6.45, 7) is 8.49. The van der Waals surface area contributed by atoms with Gasteiger partial charge >= 0.3 is 0 Å². The van der Waals surface area contributed by atoms with E-state index in [1.165, 1.54) is 5.56 Å². The number of rotatable bonds is 0. The van der Waals surface area contributed by atoms with Crippen molar-refractivity contribution in [1.29, 1.82) is 0 Å². The molecule has 0 unspecified atom stereocenters. The van der Waals surface area contributed by atoms with Crippen molar-refractivity contribution in [2.24, 2.45) is 0 Å². The van der Waals surface area contributed by atoms with Gasteiger partial charge < -0.3 is 5.73 Å². The molecule has 0 amide bonds. The highest BCUT2D eigenvalue weighted by molar-refractivity contribution is 7.80. The van der Waals surface area contributed by atoms with Gasteiger partial charge in [-0.2, -0.15) is 0 Å². The summed E-state index contributed by atoms with van der Waals surface area (Å²) in [5.41, 5.74) is 9.11. The monoisotopic (exact) mass is 195 g/mol. The van der Waals surface area contributed by atoms with Crippen LogP contribution in [0.1, 0.15) is 31.9 Å². The van der Waals surface area contributed by atoms with Crippen LogP contribution in [0.5, 0.6) is 0 Å². The summed E-state index contributed by atoms with van der Waals surface area (Å²) >= 11 is 4.45. The van der Waals surface area contributed by atoms with Gasteiger partial charge in [-0.1, -0.05) is 20.8 Å². The minimum Gasteiger partial charge on any atom is -0.399 e. The standard InChI is InChI=1S/C11H17NS/c1-7-5-10(13)8(6-9(7)12)11(2,3)4/h5-6,13H,12H2,1-4H3. The smallest absolute Gasteiger partial charge is 0.0347 e. The van der Waals surface area contributed by atoms with Crippen molar-refractivity contribution in [1.82, 2.24) is 0 Å². The Kier molecular flexibility index (Phi) is 2.62. The van der Waals surface area contributed by atoms with Crippen molar-refractivity contribution in [3.63, 3.8) is 0 Å². The molecule has 0 saturated heterocycles. The van der Waals surface area contributed by atoms with Crippen molar-refractivity contribution in [3.8, 4) is 0 Å². The van der Waals surface area contributed by atoms with Crippen LogP contribution in [0.15, 0.2) is 17.0 Å². The summed E-state index contributed by atoms with van der Waals surface area (Å²) < 4.78 is 0. The quantitative estimate of drug-likeness (QED) is 0.482. The van der Waals surface area contributed by atoms with Crippen molar-refractivity contribution >= 4 is 18.3 Å². The van der Waals surface area contributed by atoms with E-state index in [1.807, 2.05) is 19.1 Å². The van der Waals surface area contributed by atoms with Gasteiger partial charge in [0, 0.05) is 10.6 Å². The maximum absolute atomic E-state index is 5.85. The minimum atomic E-state index is 0.110. The number of benzene rings is 1. The number of anilines is 1. The van der Waals surface area contributed by atoms with Gasteiger partial charge in [0.1, 0.15) is 0 Å². The van der Waals surface area contributed by atoms with E-state index < -0.39 is 0 Å². The molecule has 2 heteroatoms. The van der Waals surface area contributed by atoms with E-state index in [-0.39, 0.29) is 5.41 Å². The third-order valence-corrected chi connectivity index (χ3v) is 2.56. The molecule has 0 saturated carbocycles. The van der Waals surface area contributed by atoms with Crippen LogP contribution in [0.3, 0.4) is 0 Å². The lowest BCUT2D eigenvalue weighted by Crippen LogP contribution is -2.13. The highest BCUT2D eigenvalue weighted by atomic mass is 32.1. The molecule has 0 aromatic heterocycles. The number of hydrogen-bond donors (Lipinski definition) is 2. The Morgan fingerprint density at radius 1 is 1.23 bits per heavy atom. The molecular weight excluding hydrogens is 178 g/mol. The molecule has 0 heterocycles. The van der Waals surface area contributed by atoms with Gasteiger partial charge in [0.2, 0.25) is 0 Å². The van der Waals surface area contributed by atoms with Gasteiger partial charge in [0.05, 0.1) is 0 Å². The van der Waals surface area contributed by atoms with E-state index >= 15 is 0 Å². The van der Waals surface area contributed by atoms with Crippen molar-refractivity contribution < 1.29 is 0 Å². The highest BCUT2D eigenvalue weighted by Gasteiger charge is 2.17. The zero-order valence-electron chi connectivity index (χ0n) is 8.68. The van der Waals surface area contributed by atoms with E-state index in [0.29, 0.717) is 0 Å². The van der Waals surface area contributed by atoms with Crippen LogP contribution in [0.4, 0.5) is 5.69 Å². The van der Waals surface area contributed by atoms with Crippen LogP contribution in [0, 0.1) is 6.92 Å². The molecule has 0 radical (unpaired) electrons. The lowest BCUT2D eigenvalue weighted by atomic mass is 9.86. The highest BCUT2D eigenvalue weighted by Crippen LogP contribution is 2.31. The molecule has 13 heavy (non-hydrogen) atoms. The fraction of sp³-hybridized carbons (Fsp3) is 0.455. The normalized spacial score (nSPS) is 11.8. The SMILES string of the molecule is Cc1cc(S)c(C(C)(C)C)cc1N. The van der Waals surface area contributed by atoms with Crippen LogP contribution in [0.2, 0.25) is 0 Å². The molecule has 1 rings (SSSR count). The number of nitrogen functional groups attached to an aromatic ring is 1. The van der Waals surface area contributed by atoms with E-state index in [9.17, 15) is 0 Å². The van der Waals surface area contributed by atoms with Gasteiger partial charge in [0.15, 0.2) is 0 Å².